The normalized spacial score (nSPS) is 12.9. The van der Waals surface area contributed by atoms with Gasteiger partial charge < -0.3 is 9.47 Å². The maximum atomic E-state index is 13.3. The number of benzene rings is 2. The van der Waals surface area contributed by atoms with E-state index < -0.39 is 48.5 Å². The Bertz CT molecular complexity index is 1140. The van der Waals surface area contributed by atoms with Crippen molar-refractivity contribution in [2.24, 2.45) is 5.92 Å². The zero-order valence-corrected chi connectivity index (χ0v) is 19.5. The van der Waals surface area contributed by atoms with Gasteiger partial charge in [0.2, 0.25) is 0 Å². The molecular weight excluding hydrogens is 491 g/mol. The van der Waals surface area contributed by atoms with Gasteiger partial charge in [-0.3, -0.25) is 9.59 Å². The van der Waals surface area contributed by atoms with Gasteiger partial charge in [0.1, 0.15) is 5.25 Å². The van der Waals surface area contributed by atoms with Crippen LogP contribution in [0.1, 0.15) is 0 Å². The molecule has 0 spiro atoms. The summed E-state index contributed by atoms with van der Waals surface area (Å²) in [6.45, 7) is 0. The zero-order chi connectivity index (χ0) is 23.4. The van der Waals surface area contributed by atoms with E-state index >= 15 is 0 Å². The lowest BCUT2D eigenvalue weighted by atomic mass is 10.1. The van der Waals surface area contributed by atoms with Gasteiger partial charge >= 0.3 is 11.9 Å². The number of esters is 2. The van der Waals surface area contributed by atoms with Crippen LogP contribution in [0.3, 0.4) is 0 Å². The second-order valence-corrected chi connectivity index (χ2v) is 11.4. The summed E-state index contributed by atoms with van der Waals surface area (Å²) in [6.07, 6.45) is 0. The van der Waals surface area contributed by atoms with Crippen molar-refractivity contribution in [1.82, 2.24) is 0 Å². The number of carbonyl (C=O) groups is 2. The molecule has 0 aromatic heterocycles. The molecule has 168 valence electrons. The molecule has 0 heterocycles. The summed E-state index contributed by atoms with van der Waals surface area (Å²) in [5.41, 5.74) is 0. The van der Waals surface area contributed by atoms with Gasteiger partial charge in [0.05, 0.1) is 29.8 Å². The molecule has 0 aliphatic heterocycles. The van der Waals surface area contributed by atoms with Crippen molar-refractivity contribution in [3.05, 3.63) is 58.6 Å². The van der Waals surface area contributed by atoms with E-state index in [0.29, 0.717) is 0 Å². The topological polar surface area (TPSA) is 121 Å². The number of halogens is 2. The maximum Gasteiger partial charge on any atom is 0.321 e. The molecule has 0 aliphatic carbocycles. The molecule has 0 saturated carbocycles. The average molecular weight is 509 g/mol. The third kappa shape index (κ3) is 5.76. The number of hydrogen-bond acceptors (Lipinski definition) is 8. The average Bonchev–Trinajstić information content (AvgIpc) is 2.73. The minimum absolute atomic E-state index is 0.235. The van der Waals surface area contributed by atoms with Crippen molar-refractivity contribution in [1.29, 1.82) is 0 Å². The molecule has 1 atom stereocenters. The van der Waals surface area contributed by atoms with Crippen LogP contribution in [-0.4, -0.2) is 54.0 Å². The Balaban J connectivity index is 2.66. The van der Waals surface area contributed by atoms with E-state index in [4.69, 9.17) is 23.2 Å². The number of ether oxygens (including phenoxy) is 2. The van der Waals surface area contributed by atoms with Gasteiger partial charge in [-0.15, -0.1) is 0 Å². The standard InChI is InChI=1S/C19H18Cl2O8S2/c1-28-18(22)17(19(23)29-2)16(31(26,27)15-9-5-13(21)6-10-15)11-30(24,25)14-7-3-12(20)4-8-14/h3-10,16-17H,11H2,1-2H3. The molecule has 0 saturated heterocycles. The van der Waals surface area contributed by atoms with Gasteiger partial charge in [0.25, 0.3) is 0 Å². The summed E-state index contributed by atoms with van der Waals surface area (Å²) in [5.74, 6) is -5.63. The van der Waals surface area contributed by atoms with Crippen molar-refractivity contribution < 1.29 is 35.9 Å². The minimum atomic E-state index is -4.54. The molecule has 31 heavy (non-hydrogen) atoms. The van der Waals surface area contributed by atoms with Crippen LogP contribution in [0, 0.1) is 5.92 Å². The molecule has 12 heteroatoms. The van der Waals surface area contributed by atoms with E-state index in [1.54, 1.807) is 0 Å². The van der Waals surface area contributed by atoms with E-state index in [-0.39, 0.29) is 19.8 Å². The lowest BCUT2D eigenvalue weighted by Crippen LogP contribution is -2.45. The number of rotatable bonds is 8. The third-order valence-corrected chi connectivity index (χ3v) is 9.05. The number of hydrogen-bond donors (Lipinski definition) is 0. The fourth-order valence-corrected chi connectivity index (χ4v) is 7.09. The second-order valence-electron chi connectivity index (χ2n) is 6.30. The van der Waals surface area contributed by atoms with Crippen molar-refractivity contribution in [2.75, 3.05) is 20.0 Å². The Labute approximate surface area is 189 Å². The highest BCUT2D eigenvalue weighted by atomic mass is 35.5. The second kappa shape index (κ2) is 9.99. The summed E-state index contributed by atoms with van der Waals surface area (Å²) in [4.78, 5) is 24.1. The van der Waals surface area contributed by atoms with Gasteiger partial charge in [0, 0.05) is 10.0 Å². The van der Waals surface area contributed by atoms with Crippen LogP contribution in [0.2, 0.25) is 10.0 Å². The molecule has 0 aliphatic rings. The molecule has 0 amide bonds. The van der Waals surface area contributed by atoms with Crippen LogP contribution in [0.15, 0.2) is 58.3 Å². The van der Waals surface area contributed by atoms with Crippen molar-refractivity contribution in [3.63, 3.8) is 0 Å². The number of carbonyl (C=O) groups excluding carboxylic acids is 2. The SMILES string of the molecule is COC(=O)C(C(=O)OC)C(CS(=O)(=O)c1ccc(Cl)cc1)S(=O)(=O)c1ccc(Cl)cc1. The summed E-state index contributed by atoms with van der Waals surface area (Å²) in [7, 11) is -6.94. The predicted molar refractivity (Wildman–Crippen MR) is 113 cm³/mol. The van der Waals surface area contributed by atoms with E-state index in [9.17, 15) is 26.4 Å². The molecule has 1 unspecified atom stereocenters. The van der Waals surface area contributed by atoms with Gasteiger partial charge in [-0.1, -0.05) is 23.2 Å². The monoisotopic (exact) mass is 508 g/mol. The third-order valence-electron chi connectivity index (χ3n) is 4.38. The fourth-order valence-electron chi connectivity index (χ4n) is 2.77. The number of sulfone groups is 2. The van der Waals surface area contributed by atoms with E-state index in [1.807, 2.05) is 0 Å². The first-order valence-corrected chi connectivity index (χ1v) is 12.5. The molecule has 2 aromatic carbocycles. The summed E-state index contributed by atoms with van der Waals surface area (Å²) in [5, 5.41) is -1.53. The molecule has 0 N–H and O–H groups in total. The molecule has 8 nitrogen and oxygen atoms in total. The van der Waals surface area contributed by atoms with Crippen molar-refractivity contribution >= 4 is 54.8 Å². The first-order chi connectivity index (χ1) is 14.4. The summed E-state index contributed by atoms with van der Waals surface area (Å²) >= 11 is 11.6. The largest absolute Gasteiger partial charge is 0.468 e. The maximum absolute atomic E-state index is 13.3. The molecule has 0 fully saturated rings. The number of methoxy groups -OCH3 is 2. The van der Waals surface area contributed by atoms with E-state index in [0.717, 1.165) is 26.4 Å². The molecule has 2 rings (SSSR count). The highest BCUT2D eigenvalue weighted by Crippen LogP contribution is 2.28. The first-order valence-electron chi connectivity index (χ1n) is 8.57. The predicted octanol–water partition coefficient (Wildman–Crippen LogP) is 2.57. The van der Waals surface area contributed by atoms with Gasteiger partial charge in [-0.25, -0.2) is 16.8 Å². The molecule has 0 radical (unpaired) electrons. The quantitative estimate of drug-likeness (QED) is 0.393. The van der Waals surface area contributed by atoms with Crippen LogP contribution >= 0.6 is 23.2 Å². The Hall–Kier alpha value is -2.14. The Morgan fingerprint density at radius 1 is 0.774 bits per heavy atom. The van der Waals surface area contributed by atoms with E-state index in [2.05, 4.69) is 9.47 Å². The van der Waals surface area contributed by atoms with Crippen LogP contribution in [0.4, 0.5) is 0 Å². The zero-order valence-electron chi connectivity index (χ0n) is 16.3. The van der Waals surface area contributed by atoms with Crippen LogP contribution in [0.25, 0.3) is 0 Å². The van der Waals surface area contributed by atoms with Gasteiger partial charge in [0.15, 0.2) is 25.6 Å². The van der Waals surface area contributed by atoms with Gasteiger partial charge in [-0.05, 0) is 48.5 Å². The summed E-state index contributed by atoms with van der Waals surface area (Å²) in [6, 6.07) is 9.86. The highest BCUT2D eigenvalue weighted by Gasteiger charge is 2.47. The molecule has 2 aromatic rings. The first kappa shape index (κ1) is 25.1. The van der Waals surface area contributed by atoms with Crippen LogP contribution in [0.5, 0.6) is 0 Å². The minimum Gasteiger partial charge on any atom is -0.468 e. The molecule has 0 bridgehead atoms. The smallest absolute Gasteiger partial charge is 0.321 e. The highest BCUT2D eigenvalue weighted by molar-refractivity contribution is 7.95. The summed E-state index contributed by atoms with van der Waals surface area (Å²) < 4.78 is 61.8. The van der Waals surface area contributed by atoms with Crippen molar-refractivity contribution in [2.45, 2.75) is 15.0 Å². The molecular formula is C19H18Cl2O8S2. The lowest BCUT2D eigenvalue weighted by Gasteiger charge is -2.23. The van der Waals surface area contributed by atoms with Crippen LogP contribution in [-0.2, 0) is 38.7 Å². The lowest BCUT2D eigenvalue weighted by molar-refractivity contribution is -0.158. The van der Waals surface area contributed by atoms with Crippen molar-refractivity contribution in [3.8, 4) is 0 Å². The fraction of sp³-hybridized carbons (Fsp3) is 0.263. The van der Waals surface area contributed by atoms with E-state index in [1.165, 1.54) is 36.4 Å². The Kier molecular flexibility index (Phi) is 8.09. The Morgan fingerprint density at radius 2 is 1.16 bits per heavy atom. The van der Waals surface area contributed by atoms with Gasteiger partial charge in [-0.2, -0.15) is 0 Å². The van der Waals surface area contributed by atoms with Crippen LogP contribution < -0.4 is 0 Å². The Morgan fingerprint density at radius 3 is 1.55 bits per heavy atom.